The number of rotatable bonds is 10. The van der Waals surface area contributed by atoms with Gasteiger partial charge in [-0.2, -0.15) is 0 Å². The average Bonchev–Trinajstić information content (AvgIpc) is 3.96. The summed E-state index contributed by atoms with van der Waals surface area (Å²) in [6.07, 6.45) is 7.06. The van der Waals surface area contributed by atoms with Gasteiger partial charge in [-0.25, -0.2) is 27.6 Å². The topological polar surface area (TPSA) is 169 Å². The Kier molecular flexibility index (Phi) is 10.5. The lowest BCUT2D eigenvalue weighted by atomic mass is 10.1. The van der Waals surface area contributed by atoms with Gasteiger partial charge in [-0.15, -0.1) is 11.3 Å². The molecule has 52 heavy (non-hydrogen) atoms. The molecule has 0 spiro atoms. The summed E-state index contributed by atoms with van der Waals surface area (Å²) >= 11 is 1.38. The summed E-state index contributed by atoms with van der Waals surface area (Å²) in [6.45, 7) is 5.99. The quantitative estimate of drug-likeness (QED) is 0.241. The highest BCUT2D eigenvalue weighted by molar-refractivity contribution is 7.91. The number of halogens is 1. The Morgan fingerprint density at radius 1 is 1.19 bits per heavy atom. The SMILES string of the molecule is COc1ccc2c(OCCC3NC(=O)N(C)CCCC/C=C\C4CC4(C(=O)NS(=O)(=O)C4(C)CC4)NC3=O)cc(-c3nc(C(C)C)cs3)nc2c1F. The van der Waals surface area contributed by atoms with Gasteiger partial charge >= 0.3 is 6.03 Å². The van der Waals surface area contributed by atoms with Crippen LogP contribution in [0.3, 0.4) is 0 Å². The highest BCUT2D eigenvalue weighted by Gasteiger charge is 2.62. The summed E-state index contributed by atoms with van der Waals surface area (Å²) < 4.78 is 54.2. The van der Waals surface area contributed by atoms with Crippen molar-refractivity contribution in [1.29, 1.82) is 0 Å². The summed E-state index contributed by atoms with van der Waals surface area (Å²) in [7, 11) is -0.968. The number of urea groups is 1. The largest absolute Gasteiger partial charge is 0.494 e. The van der Waals surface area contributed by atoms with Crippen molar-refractivity contribution in [3.63, 3.8) is 0 Å². The number of methoxy groups -OCH3 is 1. The molecule has 1 aliphatic heterocycles. The fraction of sp³-hybridized carbons (Fsp3) is 0.528. The molecule has 3 N–H and O–H groups in total. The Morgan fingerprint density at radius 2 is 1.96 bits per heavy atom. The van der Waals surface area contributed by atoms with Gasteiger partial charge in [-0.1, -0.05) is 26.0 Å². The van der Waals surface area contributed by atoms with Gasteiger partial charge in [0.1, 0.15) is 33.5 Å². The molecule has 2 saturated carbocycles. The van der Waals surface area contributed by atoms with Crippen LogP contribution < -0.4 is 24.8 Å². The number of sulfonamides is 1. The van der Waals surface area contributed by atoms with E-state index in [0.717, 1.165) is 18.5 Å². The fourth-order valence-electron chi connectivity index (χ4n) is 6.12. The number of allylic oxidation sites excluding steroid dienone is 1. The maximum Gasteiger partial charge on any atom is 0.317 e. The Bertz CT molecular complexity index is 2010. The zero-order chi connectivity index (χ0) is 37.4. The number of aromatic nitrogens is 2. The van der Waals surface area contributed by atoms with Crippen molar-refractivity contribution < 1.29 is 36.7 Å². The van der Waals surface area contributed by atoms with Gasteiger partial charge < -0.3 is 25.0 Å². The number of nitrogens with zero attached hydrogens (tertiary/aromatic N) is 3. The minimum atomic E-state index is -3.97. The number of amides is 4. The molecule has 2 aromatic heterocycles. The first-order valence-electron chi connectivity index (χ1n) is 17.5. The molecule has 6 rings (SSSR count). The molecule has 0 bridgehead atoms. The predicted molar refractivity (Wildman–Crippen MR) is 195 cm³/mol. The van der Waals surface area contributed by atoms with Gasteiger partial charge in [0.15, 0.2) is 11.6 Å². The molecule has 1 aromatic carbocycles. The number of benzene rings is 1. The Morgan fingerprint density at radius 3 is 2.65 bits per heavy atom. The highest BCUT2D eigenvalue weighted by Crippen LogP contribution is 2.47. The fourth-order valence-corrected chi connectivity index (χ4v) is 8.38. The van der Waals surface area contributed by atoms with Crippen molar-refractivity contribution in [1.82, 2.24) is 30.2 Å². The predicted octanol–water partition coefficient (Wildman–Crippen LogP) is 5.02. The van der Waals surface area contributed by atoms with Gasteiger partial charge in [-0.3, -0.25) is 14.3 Å². The third kappa shape index (κ3) is 7.58. The van der Waals surface area contributed by atoms with E-state index < -0.39 is 55.9 Å². The van der Waals surface area contributed by atoms with Crippen LogP contribution in [0.15, 0.2) is 35.7 Å². The standard InChI is InChI=1S/C36H45FN6O7S2/c1-21(2)26-20-51-32(39-26)25-18-28(23-11-12-27(49-5)29(37)30(23)38-25)50-17-13-24-31(44)41-36(33(45)42-52(47,48)35(3)14-15-35)19-22(36)10-8-6-7-9-16-43(4)34(46)40-24/h8,10-12,18,20-22,24H,6-7,9,13-17,19H2,1-5H3,(H,40,46)(H,41,44)(H,42,45)/b10-8-. The van der Waals surface area contributed by atoms with E-state index in [4.69, 9.17) is 9.47 Å². The number of nitrogens with one attached hydrogen (secondary N) is 3. The molecule has 3 atom stereocenters. The van der Waals surface area contributed by atoms with Crippen molar-refractivity contribution in [3.05, 3.63) is 47.2 Å². The van der Waals surface area contributed by atoms with Gasteiger partial charge in [0.05, 0.1) is 24.2 Å². The molecule has 280 valence electrons. The van der Waals surface area contributed by atoms with Crippen LogP contribution >= 0.6 is 11.3 Å². The van der Waals surface area contributed by atoms with E-state index in [1.54, 1.807) is 26.1 Å². The van der Waals surface area contributed by atoms with Crippen LogP contribution in [0.5, 0.6) is 11.5 Å². The number of hydrogen-bond donors (Lipinski definition) is 3. The normalized spacial score (nSPS) is 23.9. The molecular weight excluding hydrogens is 712 g/mol. The third-order valence-corrected chi connectivity index (χ3v) is 13.1. The molecule has 3 heterocycles. The van der Waals surface area contributed by atoms with Crippen LogP contribution in [0.1, 0.15) is 77.3 Å². The van der Waals surface area contributed by atoms with Crippen molar-refractivity contribution in [2.75, 3.05) is 27.3 Å². The molecule has 3 aromatic rings. The van der Waals surface area contributed by atoms with E-state index in [0.29, 0.717) is 41.9 Å². The first-order valence-corrected chi connectivity index (χ1v) is 19.9. The molecule has 13 nitrogen and oxygen atoms in total. The minimum Gasteiger partial charge on any atom is -0.494 e. The highest BCUT2D eigenvalue weighted by atomic mass is 32.2. The zero-order valence-electron chi connectivity index (χ0n) is 30.0. The van der Waals surface area contributed by atoms with Crippen molar-refractivity contribution in [2.45, 2.75) is 88.0 Å². The van der Waals surface area contributed by atoms with Crippen LogP contribution in [-0.4, -0.2) is 84.8 Å². The summed E-state index contributed by atoms with van der Waals surface area (Å²) in [6, 6.07) is 3.12. The van der Waals surface area contributed by atoms with Crippen molar-refractivity contribution >= 4 is 50.1 Å². The molecule has 16 heteroatoms. The molecule has 0 saturated heterocycles. The van der Waals surface area contributed by atoms with Crippen molar-refractivity contribution in [3.8, 4) is 22.2 Å². The Labute approximate surface area is 306 Å². The van der Waals surface area contributed by atoms with Gasteiger partial charge in [0.2, 0.25) is 15.9 Å². The average molecular weight is 757 g/mol. The number of thiazole rings is 1. The summed E-state index contributed by atoms with van der Waals surface area (Å²) in [5, 5.41) is 8.45. The lowest BCUT2D eigenvalue weighted by Gasteiger charge is -2.26. The van der Waals surface area contributed by atoms with E-state index in [1.807, 2.05) is 31.4 Å². The Hall–Kier alpha value is -4.31. The minimum absolute atomic E-state index is 0.0126. The van der Waals surface area contributed by atoms with E-state index in [-0.39, 0.29) is 42.4 Å². The lowest BCUT2D eigenvalue weighted by molar-refractivity contribution is -0.130. The third-order valence-electron chi connectivity index (χ3n) is 10.1. The lowest BCUT2D eigenvalue weighted by Crippen LogP contribution is -2.58. The van der Waals surface area contributed by atoms with E-state index >= 15 is 4.39 Å². The molecule has 3 aliphatic rings. The second-order valence-electron chi connectivity index (χ2n) is 14.4. The first kappa shape index (κ1) is 37.4. The smallest absolute Gasteiger partial charge is 0.317 e. The number of pyridine rings is 1. The maximum absolute atomic E-state index is 15.6. The van der Waals surface area contributed by atoms with Gasteiger partial charge in [0.25, 0.3) is 5.91 Å². The maximum atomic E-state index is 15.6. The van der Waals surface area contributed by atoms with Crippen molar-refractivity contribution in [2.24, 2.45) is 5.92 Å². The van der Waals surface area contributed by atoms with E-state index in [1.165, 1.54) is 29.4 Å². The zero-order valence-corrected chi connectivity index (χ0v) is 31.6. The molecule has 2 fully saturated rings. The molecule has 2 aliphatic carbocycles. The Balaban J connectivity index is 1.27. The number of carbonyl (C=O) groups excluding carboxylic acids is 3. The van der Waals surface area contributed by atoms with Crippen LogP contribution in [0.4, 0.5) is 9.18 Å². The van der Waals surface area contributed by atoms with Crippen LogP contribution in [0, 0.1) is 11.7 Å². The van der Waals surface area contributed by atoms with Gasteiger partial charge in [0, 0.05) is 42.8 Å². The molecular formula is C36H45FN6O7S2. The van der Waals surface area contributed by atoms with E-state index in [9.17, 15) is 22.8 Å². The van der Waals surface area contributed by atoms with Gasteiger partial charge in [-0.05, 0) is 63.5 Å². The second kappa shape index (κ2) is 14.6. The summed E-state index contributed by atoms with van der Waals surface area (Å²) in [4.78, 5) is 51.6. The monoisotopic (exact) mass is 756 g/mol. The second-order valence-corrected chi connectivity index (χ2v) is 17.4. The van der Waals surface area contributed by atoms with Crippen LogP contribution in [0.25, 0.3) is 21.6 Å². The number of hydrogen-bond acceptors (Lipinski definition) is 10. The molecule has 3 unspecified atom stereocenters. The first-order chi connectivity index (χ1) is 24.7. The van der Waals surface area contributed by atoms with Crippen LogP contribution in [-0.2, 0) is 19.6 Å². The van der Waals surface area contributed by atoms with E-state index in [2.05, 4.69) is 25.3 Å². The molecule has 0 radical (unpaired) electrons. The summed E-state index contributed by atoms with van der Waals surface area (Å²) in [5.74, 6) is -2.08. The molecule has 4 amide bonds. The number of ether oxygens (including phenoxy) is 2. The summed E-state index contributed by atoms with van der Waals surface area (Å²) in [5.41, 5.74) is -0.209. The van der Waals surface area contributed by atoms with Crippen LogP contribution in [0.2, 0.25) is 0 Å². The number of fused-ring (bicyclic) bond motifs is 2. The number of carbonyl (C=O) groups is 3.